The smallest absolute Gasteiger partial charge is 0.260 e. The molecule has 0 unspecified atom stereocenters. The fourth-order valence-corrected chi connectivity index (χ4v) is 3.37. The predicted molar refractivity (Wildman–Crippen MR) is 108 cm³/mol. The van der Waals surface area contributed by atoms with Gasteiger partial charge in [0.1, 0.15) is 5.75 Å². The van der Waals surface area contributed by atoms with E-state index < -0.39 is 0 Å². The number of piperazine rings is 1. The summed E-state index contributed by atoms with van der Waals surface area (Å²) in [6, 6.07) is 17.6. The van der Waals surface area contributed by atoms with Gasteiger partial charge in [-0.1, -0.05) is 30.3 Å². The summed E-state index contributed by atoms with van der Waals surface area (Å²) < 4.78 is 7.40. The minimum absolute atomic E-state index is 0.0141. The number of ether oxygens (including phenoxy) is 1. The van der Waals surface area contributed by atoms with Gasteiger partial charge < -0.3 is 9.64 Å². The number of hydrogen-bond acceptors (Lipinski definition) is 6. The van der Waals surface area contributed by atoms with Crippen molar-refractivity contribution in [3.05, 3.63) is 66.0 Å². The molecule has 0 bridgehead atoms. The Labute approximate surface area is 169 Å². The largest absolute Gasteiger partial charge is 0.484 e. The van der Waals surface area contributed by atoms with Gasteiger partial charge in [-0.25, -0.2) is 0 Å². The van der Waals surface area contributed by atoms with Crippen LogP contribution in [-0.2, 0) is 11.3 Å². The molecular weight excluding hydrogens is 368 g/mol. The molecule has 4 rings (SSSR count). The van der Waals surface area contributed by atoms with Crippen LogP contribution in [-0.4, -0.2) is 68.7 Å². The van der Waals surface area contributed by atoms with Crippen LogP contribution in [0.4, 0.5) is 0 Å². The van der Waals surface area contributed by atoms with Crippen molar-refractivity contribution in [1.82, 2.24) is 30.0 Å². The molecule has 2 aromatic carbocycles. The Morgan fingerprint density at radius 2 is 1.83 bits per heavy atom. The summed E-state index contributed by atoms with van der Waals surface area (Å²) in [5.74, 6) is 1.53. The molecule has 0 spiro atoms. The number of tetrazole rings is 1. The minimum atomic E-state index is 0.0141. The first kappa shape index (κ1) is 19.1. The van der Waals surface area contributed by atoms with Crippen molar-refractivity contribution in [2.75, 3.05) is 32.8 Å². The summed E-state index contributed by atoms with van der Waals surface area (Å²) in [5.41, 5.74) is 2.05. The monoisotopic (exact) mass is 392 g/mol. The van der Waals surface area contributed by atoms with Crippen molar-refractivity contribution < 1.29 is 9.53 Å². The lowest BCUT2D eigenvalue weighted by Crippen LogP contribution is -2.49. The van der Waals surface area contributed by atoms with Gasteiger partial charge in [0.25, 0.3) is 5.91 Å². The molecule has 0 atom stereocenters. The second-order valence-electron chi connectivity index (χ2n) is 7.10. The molecule has 150 valence electrons. The zero-order chi connectivity index (χ0) is 20.1. The molecule has 0 radical (unpaired) electrons. The quantitative estimate of drug-likeness (QED) is 0.636. The average molecular weight is 392 g/mol. The summed E-state index contributed by atoms with van der Waals surface area (Å²) in [6.07, 6.45) is 0. The fraction of sp³-hybridized carbons (Fsp3) is 0.333. The molecule has 29 heavy (non-hydrogen) atoms. The van der Waals surface area contributed by atoms with Crippen molar-refractivity contribution in [3.63, 3.8) is 0 Å². The summed E-state index contributed by atoms with van der Waals surface area (Å²) in [5, 5.41) is 12.1. The lowest BCUT2D eigenvalue weighted by molar-refractivity contribution is -0.135. The van der Waals surface area contributed by atoms with Gasteiger partial charge in [-0.2, -0.15) is 4.68 Å². The fourth-order valence-electron chi connectivity index (χ4n) is 3.37. The third kappa shape index (κ3) is 4.78. The lowest BCUT2D eigenvalue weighted by Gasteiger charge is -2.34. The van der Waals surface area contributed by atoms with E-state index in [1.54, 1.807) is 4.68 Å². The average Bonchev–Trinajstić information content (AvgIpc) is 3.21. The van der Waals surface area contributed by atoms with Gasteiger partial charge in [-0.05, 0) is 47.2 Å². The number of carbonyl (C=O) groups is 1. The highest BCUT2D eigenvalue weighted by Crippen LogP contribution is 2.14. The number of rotatable bonds is 6. The van der Waals surface area contributed by atoms with E-state index in [-0.39, 0.29) is 12.5 Å². The predicted octanol–water partition coefficient (Wildman–Crippen LogP) is 1.69. The van der Waals surface area contributed by atoms with E-state index in [9.17, 15) is 4.79 Å². The van der Waals surface area contributed by atoms with Crippen LogP contribution in [0.25, 0.3) is 5.69 Å². The Hall–Kier alpha value is -3.26. The number of amides is 1. The van der Waals surface area contributed by atoms with Crippen LogP contribution in [0.15, 0.2) is 54.6 Å². The summed E-state index contributed by atoms with van der Waals surface area (Å²) in [4.78, 5) is 16.6. The molecule has 8 heteroatoms. The Morgan fingerprint density at radius 1 is 1.03 bits per heavy atom. The normalized spacial score (nSPS) is 14.7. The Balaban J connectivity index is 1.28. The lowest BCUT2D eigenvalue weighted by atomic mass is 10.2. The molecule has 3 aromatic rings. The topological polar surface area (TPSA) is 76.4 Å². The van der Waals surface area contributed by atoms with Gasteiger partial charge in [-0.15, -0.1) is 5.10 Å². The number of benzene rings is 2. The van der Waals surface area contributed by atoms with Crippen LogP contribution in [0.1, 0.15) is 11.4 Å². The van der Waals surface area contributed by atoms with E-state index in [0.29, 0.717) is 19.6 Å². The van der Waals surface area contributed by atoms with Gasteiger partial charge in [0.15, 0.2) is 12.4 Å². The van der Waals surface area contributed by atoms with Gasteiger partial charge in [0.2, 0.25) is 0 Å². The van der Waals surface area contributed by atoms with Crippen LogP contribution >= 0.6 is 0 Å². The number of carbonyl (C=O) groups excluding carboxylic acids is 1. The Morgan fingerprint density at radius 3 is 2.59 bits per heavy atom. The van der Waals surface area contributed by atoms with Crippen LogP contribution in [0, 0.1) is 6.92 Å². The number of aryl methyl sites for hydroxylation is 1. The van der Waals surface area contributed by atoms with E-state index in [4.69, 9.17) is 4.74 Å². The van der Waals surface area contributed by atoms with E-state index in [1.807, 2.05) is 66.4 Å². The Kier molecular flexibility index (Phi) is 5.81. The van der Waals surface area contributed by atoms with Crippen LogP contribution in [0.3, 0.4) is 0 Å². The zero-order valence-corrected chi connectivity index (χ0v) is 16.4. The molecule has 2 heterocycles. The first-order valence-corrected chi connectivity index (χ1v) is 9.71. The maximum absolute atomic E-state index is 12.5. The molecule has 1 aliphatic heterocycles. The van der Waals surface area contributed by atoms with Gasteiger partial charge in [-0.3, -0.25) is 9.69 Å². The summed E-state index contributed by atoms with van der Waals surface area (Å²) >= 11 is 0. The Bertz CT molecular complexity index is 951. The zero-order valence-electron chi connectivity index (χ0n) is 16.4. The third-order valence-corrected chi connectivity index (χ3v) is 4.98. The first-order chi connectivity index (χ1) is 14.2. The van der Waals surface area contributed by atoms with Crippen LogP contribution in [0.2, 0.25) is 0 Å². The molecule has 1 aliphatic rings. The number of para-hydroxylation sites is 1. The number of nitrogens with zero attached hydrogens (tertiary/aromatic N) is 6. The first-order valence-electron chi connectivity index (χ1n) is 9.71. The molecule has 0 aliphatic carbocycles. The van der Waals surface area contributed by atoms with E-state index in [2.05, 4.69) is 20.4 Å². The van der Waals surface area contributed by atoms with Crippen molar-refractivity contribution in [2.24, 2.45) is 0 Å². The molecule has 0 N–H and O–H groups in total. The highest BCUT2D eigenvalue weighted by atomic mass is 16.5. The van der Waals surface area contributed by atoms with Crippen LogP contribution in [0.5, 0.6) is 5.75 Å². The third-order valence-electron chi connectivity index (χ3n) is 4.98. The molecule has 8 nitrogen and oxygen atoms in total. The standard InChI is InChI=1S/C21H24N6O2/c1-17-6-5-9-19(14-17)29-16-21(28)26-12-10-25(11-13-26)15-20-22-23-24-27(20)18-7-3-2-4-8-18/h2-9,14H,10-13,15-16H2,1H3. The maximum Gasteiger partial charge on any atom is 0.260 e. The number of aromatic nitrogens is 4. The van der Waals surface area contributed by atoms with E-state index in [0.717, 1.165) is 35.9 Å². The van der Waals surface area contributed by atoms with Gasteiger partial charge in [0, 0.05) is 26.2 Å². The van der Waals surface area contributed by atoms with Crippen molar-refractivity contribution >= 4 is 5.91 Å². The molecular formula is C21H24N6O2. The maximum atomic E-state index is 12.5. The van der Waals surface area contributed by atoms with Crippen LogP contribution < -0.4 is 4.74 Å². The SMILES string of the molecule is Cc1cccc(OCC(=O)N2CCN(Cc3nnnn3-c3ccccc3)CC2)c1. The molecule has 0 saturated carbocycles. The van der Waals surface area contributed by atoms with Gasteiger partial charge >= 0.3 is 0 Å². The molecule has 1 amide bonds. The van der Waals surface area contributed by atoms with Crippen molar-refractivity contribution in [1.29, 1.82) is 0 Å². The molecule has 1 fully saturated rings. The minimum Gasteiger partial charge on any atom is -0.484 e. The highest BCUT2D eigenvalue weighted by Gasteiger charge is 2.23. The summed E-state index contributed by atoms with van der Waals surface area (Å²) in [7, 11) is 0. The highest BCUT2D eigenvalue weighted by molar-refractivity contribution is 5.77. The van der Waals surface area contributed by atoms with E-state index >= 15 is 0 Å². The van der Waals surface area contributed by atoms with Gasteiger partial charge in [0.05, 0.1) is 12.2 Å². The molecule has 1 saturated heterocycles. The second-order valence-corrected chi connectivity index (χ2v) is 7.10. The summed E-state index contributed by atoms with van der Waals surface area (Å²) in [6.45, 7) is 5.60. The van der Waals surface area contributed by atoms with Crippen molar-refractivity contribution in [2.45, 2.75) is 13.5 Å². The molecule has 1 aromatic heterocycles. The number of hydrogen-bond donors (Lipinski definition) is 0. The van der Waals surface area contributed by atoms with E-state index in [1.165, 1.54) is 0 Å². The second kappa shape index (κ2) is 8.83. The van der Waals surface area contributed by atoms with Crippen molar-refractivity contribution in [3.8, 4) is 11.4 Å².